The van der Waals surface area contributed by atoms with Gasteiger partial charge in [-0.3, -0.25) is 33.6 Å². The molecule has 0 bridgehead atoms. The molecule has 1 unspecified atom stereocenters. The number of rotatable bonds is 21. The topological polar surface area (TPSA) is 212 Å². The first-order valence-electron chi connectivity index (χ1n) is 20.4. The number of carbonyl (C=O) groups excluding carboxylic acids is 6. The van der Waals surface area contributed by atoms with E-state index in [1.807, 2.05) is 72.1 Å². The molecule has 4 aromatic carbocycles. The van der Waals surface area contributed by atoms with E-state index in [9.17, 15) is 38.7 Å². The second-order valence-electron chi connectivity index (χ2n) is 15.0. The van der Waals surface area contributed by atoms with Crippen LogP contribution in [-0.4, -0.2) is 82.0 Å². The van der Waals surface area contributed by atoms with Crippen LogP contribution in [0.25, 0.3) is 11.1 Å². The van der Waals surface area contributed by atoms with Gasteiger partial charge < -0.3 is 37.0 Å². The zero-order valence-electron chi connectivity index (χ0n) is 34.5. The fourth-order valence-electron chi connectivity index (χ4n) is 6.61. The van der Waals surface area contributed by atoms with Crippen molar-refractivity contribution in [1.82, 2.24) is 26.6 Å². The molecule has 0 radical (unpaired) electrons. The maximum Gasteiger partial charge on any atom is 0.325 e. The average Bonchev–Trinajstić information content (AvgIpc) is 3.79. The van der Waals surface area contributed by atoms with Gasteiger partial charge in [0.05, 0.1) is 0 Å². The van der Waals surface area contributed by atoms with E-state index in [1.54, 1.807) is 54.6 Å². The molecule has 1 heterocycles. The number of carboxylic acids is 1. The molecule has 0 saturated carbocycles. The highest BCUT2D eigenvalue weighted by molar-refractivity contribution is 8.03. The van der Waals surface area contributed by atoms with E-state index in [2.05, 4.69) is 31.9 Å². The molecular formula is C47H52N6O8S. The summed E-state index contributed by atoms with van der Waals surface area (Å²) in [4.78, 5) is 92.6. The maximum absolute atomic E-state index is 14.4. The van der Waals surface area contributed by atoms with Gasteiger partial charge in [-0.05, 0) is 66.5 Å². The first-order chi connectivity index (χ1) is 29.8. The number of carbonyl (C=O) groups is 7. The maximum atomic E-state index is 14.4. The van der Waals surface area contributed by atoms with E-state index in [0.29, 0.717) is 23.2 Å². The van der Waals surface area contributed by atoms with E-state index in [4.69, 9.17) is 0 Å². The summed E-state index contributed by atoms with van der Waals surface area (Å²) in [5.74, 6) is -4.89. The smallest absolute Gasteiger partial charge is 0.325 e. The molecule has 1 aliphatic heterocycles. The number of benzene rings is 4. The molecule has 4 aromatic rings. The number of aliphatic carboxylic acids is 1. The van der Waals surface area contributed by atoms with Gasteiger partial charge in [0.2, 0.25) is 35.4 Å². The van der Waals surface area contributed by atoms with Crippen molar-refractivity contribution in [3.8, 4) is 11.1 Å². The Labute approximate surface area is 365 Å². The third-order valence-corrected chi connectivity index (χ3v) is 11.2. The van der Waals surface area contributed by atoms with Gasteiger partial charge in [-0.2, -0.15) is 0 Å². The Bertz CT molecular complexity index is 2180. The van der Waals surface area contributed by atoms with Crippen LogP contribution >= 0.6 is 11.8 Å². The molecule has 6 atom stereocenters. The zero-order valence-corrected chi connectivity index (χ0v) is 35.4. The van der Waals surface area contributed by atoms with Crippen LogP contribution in [0.2, 0.25) is 0 Å². The number of allylic oxidation sites excluding steroid dienone is 1. The summed E-state index contributed by atoms with van der Waals surface area (Å²) in [5.41, 5.74) is 3.93. The lowest BCUT2D eigenvalue weighted by Gasteiger charge is -2.27. The van der Waals surface area contributed by atoms with Crippen molar-refractivity contribution in [2.75, 3.05) is 5.32 Å². The van der Waals surface area contributed by atoms with Gasteiger partial charge in [0.25, 0.3) is 0 Å². The highest BCUT2D eigenvalue weighted by Crippen LogP contribution is 2.28. The van der Waals surface area contributed by atoms with Crippen molar-refractivity contribution in [3.63, 3.8) is 0 Å². The Kier molecular flexibility index (Phi) is 17.4. The van der Waals surface area contributed by atoms with Crippen LogP contribution in [0.3, 0.4) is 0 Å². The van der Waals surface area contributed by atoms with E-state index in [-0.39, 0.29) is 43.3 Å². The number of hydrogen-bond acceptors (Lipinski definition) is 8. The Morgan fingerprint density at radius 3 is 1.65 bits per heavy atom. The average molecular weight is 861 g/mol. The minimum atomic E-state index is -1.25. The molecule has 324 valence electrons. The number of thioether (sulfide) groups is 1. The van der Waals surface area contributed by atoms with Gasteiger partial charge in [0.1, 0.15) is 30.2 Å². The van der Waals surface area contributed by atoms with E-state index < -0.39 is 65.7 Å². The number of carboxylic acid groups (broad SMARTS) is 1. The zero-order chi connectivity index (χ0) is 44.4. The van der Waals surface area contributed by atoms with Gasteiger partial charge >= 0.3 is 5.97 Å². The highest BCUT2D eigenvalue weighted by Gasteiger charge is 2.33. The summed E-state index contributed by atoms with van der Waals surface area (Å²) in [5, 5.41) is 27.3. The van der Waals surface area contributed by atoms with Crippen LogP contribution < -0.4 is 31.9 Å². The Morgan fingerprint density at radius 1 is 0.565 bits per heavy atom. The fraction of sp³-hybridized carbons (Fsp3) is 0.298. The van der Waals surface area contributed by atoms with Crippen molar-refractivity contribution < 1.29 is 38.7 Å². The predicted molar refractivity (Wildman–Crippen MR) is 238 cm³/mol. The molecule has 5 rings (SSSR count). The molecule has 6 amide bonds. The quantitative estimate of drug-likeness (QED) is 0.0627. The first kappa shape index (κ1) is 46.3. The molecule has 1 aliphatic rings. The van der Waals surface area contributed by atoms with Gasteiger partial charge in [0, 0.05) is 36.6 Å². The molecule has 62 heavy (non-hydrogen) atoms. The number of nitrogens with one attached hydrogen (secondary N) is 6. The molecule has 0 aliphatic carbocycles. The lowest BCUT2D eigenvalue weighted by molar-refractivity contribution is -0.141. The monoisotopic (exact) mass is 860 g/mol. The number of amides is 6. The fourth-order valence-corrected chi connectivity index (χ4v) is 7.58. The lowest BCUT2D eigenvalue weighted by atomic mass is 9.99. The largest absolute Gasteiger partial charge is 0.480 e. The van der Waals surface area contributed by atoms with E-state index >= 15 is 0 Å². The van der Waals surface area contributed by atoms with Gasteiger partial charge in [-0.25, -0.2) is 0 Å². The summed E-state index contributed by atoms with van der Waals surface area (Å²) in [7, 11) is 0. The minimum Gasteiger partial charge on any atom is -0.480 e. The summed E-state index contributed by atoms with van der Waals surface area (Å²) in [6, 6.07) is 29.1. The van der Waals surface area contributed by atoms with Gasteiger partial charge in [-0.1, -0.05) is 109 Å². The summed E-state index contributed by atoms with van der Waals surface area (Å²) >= 11 is 1.53. The second-order valence-corrected chi connectivity index (χ2v) is 16.2. The Hall–Kier alpha value is -6.74. The molecule has 0 aromatic heterocycles. The number of para-hydroxylation sites is 1. The minimum absolute atomic E-state index is 0.0122. The van der Waals surface area contributed by atoms with Crippen LogP contribution in [0.5, 0.6) is 0 Å². The van der Waals surface area contributed by atoms with Crippen molar-refractivity contribution in [1.29, 1.82) is 0 Å². The van der Waals surface area contributed by atoms with Crippen LogP contribution in [0.4, 0.5) is 5.69 Å². The molecular weight excluding hydrogens is 809 g/mol. The van der Waals surface area contributed by atoms with Crippen molar-refractivity contribution in [3.05, 3.63) is 138 Å². The lowest BCUT2D eigenvalue weighted by Crippen LogP contribution is -2.59. The van der Waals surface area contributed by atoms with Crippen LogP contribution in [0, 0.1) is 0 Å². The SMILES string of the molecule is C[C@H](NC(=O)[C@H](C)NC(=O)[C@@H](Cc1ccccc1)NC(=O)[C@H](Cc1ccc(-c2ccccc2)cc1)NC(=O)[C@@H](CC1CC=CS1)NC(=O)CCC(=O)Nc1ccccc1)C(=O)O. The first-order valence-corrected chi connectivity index (χ1v) is 21.4. The standard InChI is InChI=1S/C47H52N6O8S/c1-30(43(56)49-31(2)47(60)61)48-44(57)38(27-32-13-6-3-7-14-32)52-45(58)39(28-33-20-22-35(23-21-33)34-15-8-4-9-16-34)53-46(59)40(29-37-19-12-26-62-37)51-42(55)25-24-41(54)50-36-17-10-5-11-18-36/h3-18,20-23,26,30-31,37-40H,19,24-25,27-29H2,1-2H3,(H,48,57)(H,49,56)(H,50,54)(H,51,55)(H,52,58)(H,53,59)(H,60,61)/t30-,31-,37?,38+,39-,40+/m0/s1. The molecule has 15 heteroatoms. The van der Waals surface area contributed by atoms with Gasteiger partial charge in [0.15, 0.2) is 0 Å². The van der Waals surface area contributed by atoms with Crippen LogP contribution in [-0.2, 0) is 46.4 Å². The summed E-state index contributed by atoms with van der Waals surface area (Å²) in [6.45, 7) is 2.69. The molecule has 14 nitrogen and oxygen atoms in total. The van der Waals surface area contributed by atoms with Crippen molar-refractivity contribution in [2.24, 2.45) is 0 Å². The van der Waals surface area contributed by atoms with E-state index in [1.165, 1.54) is 25.6 Å². The number of anilines is 1. The molecule has 0 saturated heterocycles. The van der Waals surface area contributed by atoms with Crippen molar-refractivity contribution >= 4 is 58.9 Å². The number of hydrogen-bond donors (Lipinski definition) is 7. The summed E-state index contributed by atoms with van der Waals surface area (Å²) < 4.78 is 0. The molecule has 7 N–H and O–H groups in total. The molecule has 0 spiro atoms. The third-order valence-electron chi connectivity index (χ3n) is 10.1. The van der Waals surface area contributed by atoms with Crippen molar-refractivity contribution in [2.45, 2.75) is 87.8 Å². The normalized spacial score (nSPS) is 15.4. The Balaban J connectivity index is 1.36. The highest BCUT2D eigenvalue weighted by atomic mass is 32.2. The van der Waals surface area contributed by atoms with Crippen LogP contribution in [0.1, 0.15) is 50.7 Å². The third kappa shape index (κ3) is 14.8. The Morgan fingerprint density at radius 2 is 1.06 bits per heavy atom. The van der Waals surface area contributed by atoms with E-state index in [0.717, 1.165) is 11.1 Å². The van der Waals surface area contributed by atoms with Gasteiger partial charge in [-0.15, -0.1) is 11.8 Å². The van der Waals surface area contributed by atoms with Crippen LogP contribution in [0.15, 0.2) is 127 Å². The summed E-state index contributed by atoms with van der Waals surface area (Å²) in [6.07, 6.45) is 2.62. The molecule has 0 fully saturated rings. The predicted octanol–water partition coefficient (Wildman–Crippen LogP) is 4.52. The second kappa shape index (κ2) is 23.3.